The number of rotatable bonds is 4. The fourth-order valence-corrected chi connectivity index (χ4v) is 3.61. The number of aliphatic hydroxyl groups is 1. The summed E-state index contributed by atoms with van der Waals surface area (Å²) in [5.74, 6) is -1.98. The molecule has 0 saturated carbocycles. The van der Waals surface area contributed by atoms with Crippen molar-refractivity contribution in [1.29, 1.82) is 0 Å². The van der Waals surface area contributed by atoms with Gasteiger partial charge in [0.25, 0.3) is 0 Å². The standard InChI is InChI=1S/C19H22O7/c1-10-4-5-15-19(9-21,26-15)7-14(25-17(22)11(2)8-20)16-12(3)18(23)24-13(16)6-10/h6,9,13-16,20H,2-5,7-8H2,1H3/b10-6+/t13-,14+,15?,16+,19+/m1/s1. The zero-order chi connectivity index (χ0) is 19.1. The Morgan fingerprint density at radius 1 is 1.54 bits per heavy atom. The molecule has 0 amide bonds. The van der Waals surface area contributed by atoms with Crippen LogP contribution in [0.1, 0.15) is 26.2 Å². The fraction of sp³-hybridized carbons (Fsp3) is 0.526. The van der Waals surface area contributed by atoms with E-state index in [4.69, 9.17) is 19.3 Å². The molecule has 0 bridgehead atoms. The van der Waals surface area contributed by atoms with Crippen molar-refractivity contribution in [2.45, 2.75) is 50.1 Å². The first-order valence-corrected chi connectivity index (χ1v) is 8.52. The highest BCUT2D eigenvalue weighted by Crippen LogP contribution is 2.47. The molecule has 2 heterocycles. The topological polar surface area (TPSA) is 102 Å². The summed E-state index contributed by atoms with van der Waals surface area (Å²) in [4.78, 5) is 35.9. The molecule has 3 aliphatic rings. The van der Waals surface area contributed by atoms with Crippen LogP contribution in [0.3, 0.4) is 0 Å². The lowest BCUT2D eigenvalue weighted by molar-refractivity contribution is -0.149. The smallest absolute Gasteiger partial charge is 0.336 e. The Bertz CT molecular complexity index is 707. The normalized spacial score (nSPS) is 38.2. The van der Waals surface area contributed by atoms with E-state index in [1.807, 2.05) is 13.0 Å². The molecule has 1 aliphatic carbocycles. The van der Waals surface area contributed by atoms with Gasteiger partial charge in [0.15, 0.2) is 11.9 Å². The summed E-state index contributed by atoms with van der Waals surface area (Å²) in [6.07, 6.45) is 2.26. The van der Waals surface area contributed by atoms with Crippen molar-refractivity contribution >= 4 is 18.2 Å². The molecule has 0 spiro atoms. The van der Waals surface area contributed by atoms with Crippen LogP contribution in [0.5, 0.6) is 0 Å². The first-order valence-electron chi connectivity index (χ1n) is 8.52. The van der Waals surface area contributed by atoms with E-state index in [1.54, 1.807) is 0 Å². The Balaban J connectivity index is 1.97. The van der Waals surface area contributed by atoms with E-state index < -0.39 is 42.3 Å². The highest BCUT2D eigenvalue weighted by atomic mass is 16.6. The monoisotopic (exact) mass is 362 g/mol. The van der Waals surface area contributed by atoms with Gasteiger partial charge in [0, 0.05) is 12.0 Å². The van der Waals surface area contributed by atoms with Gasteiger partial charge < -0.3 is 24.1 Å². The third-order valence-electron chi connectivity index (χ3n) is 5.22. The highest BCUT2D eigenvalue weighted by Gasteiger charge is 2.60. The van der Waals surface area contributed by atoms with E-state index in [1.165, 1.54) is 0 Å². The van der Waals surface area contributed by atoms with Crippen LogP contribution >= 0.6 is 0 Å². The van der Waals surface area contributed by atoms with Gasteiger partial charge in [0.05, 0.1) is 24.2 Å². The van der Waals surface area contributed by atoms with Crippen LogP contribution in [0.25, 0.3) is 0 Å². The van der Waals surface area contributed by atoms with Gasteiger partial charge in [-0.15, -0.1) is 0 Å². The molecule has 26 heavy (non-hydrogen) atoms. The fourth-order valence-electron chi connectivity index (χ4n) is 3.61. The second-order valence-corrected chi connectivity index (χ2v) is 7.06. The van der Waals surface area contributed by atoms with Crippen LogP contribution in [0.2, 0.25) is 0 Å². The summed E-state index contributed by atoms with van der Waals surface area (Å²) >= 11 is 0. The van der Waals surface area contributed by atoms with Crippen molar-refractivity contribution in [3.8, 4) is 0 Å². The minimum Gasteiger partial charge on any atom is -0.458 e. The molecule has 1 unspecified atom stereocenters. The Morgan fingerprint density at radius 3 is 2.92 bits per heavy atom. The molecule has 7 nitrogen and oxygen atoms in total. The number of fused-ring (bicyclic) bond motifs is 2. The predicted molar refractivity (Wildman–Crippen MR) is 89.9 cm³/mol. The lowest BCUT2D eigenvalue weighted by atomic mass is 9.82. The zero-order valence-corrected chi connectivity index (χ0v) is 14.6. The SMILES string of the molecule is C=C(CO)C(=O)O[C@H]1C[C@@]2(C=O)OC2CC/C(C)=C/[C@H]2OC(=O)C(=C)[C@H]12. The van der Waals surface area contributed by atoms with E-state index in [0.29, 0.717) is 12.8 Å². The molecule has 0 radical (unpaired) electrons. The second-order valence-electron chi connectivity index (χ2n) is 7.06. The van der Waals surface area contributed by atoms with Crippen molar-refractivity contribution in [2.24, 2.45) is 5.92 Å². The maximum absolute atomic E-state index is 12.2. The van der Waals surface area contributed by atoms with Crippen LogP contribution in [-0.4, -0.2) is 53.9 Å². The molecular formula is C19H22O7. The molecular weight excluding hydrogens is 340 g/mol. The van der Waals surface area contributed by atoms with Crippen molar-refractivity contribution in [3.63, 3.8) is 0 Å². The van der Waals surface area contributed by atoms with E-state index in [-0.39, 0.29) is 23.7 Å². The summed E-state index contributed by atoms with van der Waals surface area (Å²) in [5.41, 5.74) is 0.0176. The summed E-state index contributed by atoms with van der Waals surface area (Å²) in [6, 6.07) is 0. The Hall–Kier alpha value is -2.25. The summed E-state index contributed by atoms with van der Waals surface area (Å²) in [7, 11) is 0. The maximum Gasteiger partial charge on any atom is 0.336 e. The molecule has 0 aromatic rings. The first-order chi connectivity index (χ1) is 12.3. The largest absolute Gasteiger partial charge is 0.458 e. The number of esters is 2. The average molecular weight is 362 g/mol. The summed E-state index contributed by atoms with van der Waals surface area (Å²) in [5, 5.41) is 9.10. The maximum atomic E-state index is 12.2. The predicted octanol–water partition coefficient (Wildman–Crippen LogP) is 1.01. The van der Waals surface area contributed by atoms with Crippen molar-refractivity contribution in [1.82, 2.24) is 0 Å². The number of hydrogen-bond donors (Lipinski definition) is 1. The highest BCUT2D eigenvalue weighted by molar-refractivity contribution is 5.92. The first kappa shape index (κ1) is 18.5. The van der Waals surface area contributed by atoms with Crippen LogP contribution in [0.4, 0.5) is 0 Å². The van der Waals surface area contributed by atoms with Crippen LogP contribution in [-0.2, 0) is 28.6 Å². The lowest BCUT2D eigenvalue weighted by Gasteiger charge is -2.28. The number of allylic oxidation sites excluding steroid dienone is 1. The van der Waals surface area contributed by atoms with Gasteiger partial charge in [-0.3, -0.25) is 0 Å². The van der Waals surface area contributed by atoms with Gasteiger partial charge in [-0.2, -0.15) is 0 Å². The molecule has 5 atom stereocenters. The Kier molecular flexibility index (Phi) is 4.86. The molecule has 0 aromatic carbocycles. The van der Waals surface area contributed by atoms with Gasteiger partial charge in [0.2, 0.25) is 0 Å². The Labute approximate surface area is 151 Å². The molecule has 2 aliphatic heterocycles. The van der Waals surface area contributed by atoms with Crippen LogP contribution < -0.4 is 0 Å². The summed E-state index contributed by atoms with van der Waals surface area (Å²) in [6.45, 7) is 8.60. The van der Waals surface area contributed by atoms with Gasteiger partial charge >= 0.3 is 11.9 Å². The minimum atomic E-state index is -1.04. The van der Waals surface area contributed by atoms with Gasteiger partial charge in [-0.05, 0) is 25.8 Å². The molecule has 3 rings (SSSR count). The molecule has 0 aromatic heterocycles. The average Bonchev–Trinajstić information content (AvgIpc) is 3.23. The second kappa shape index (κ2) is 6.81. The number of ether oxygens (including phenoxy) is 3. The number of epoxide rings is 1. The van der Waals surface area contributed by atoms with Crippen molar-refractivity contribution < 1.29 is 33.7 Å². The third kappa shape index (κ3) is 3.24. The van der Waals surface area contributed by atoms with Crippen LogP contribution in [0.15, 0.2) is 36.0 Å². The Morgan fingerprint density at radius 2 is 2.27 bits per heavy atom. The van der Waals surface area contributed by atoms with E-state index >= 15 is 0 Å². The van der Waals surface area contributed by atoms with Gasteiger partial charge in [-0.25, -0.2) is 9.59 Å². The van der Waals surface area contributed by atoms with Gasteiger partial charge in [-0.1, -0.05) is 18.7 Å². The van der Waals surface area contributed by atoms with E-state index in [9.17, 15) is 14.4 Å². The molecule has 2 saturated heterocycles. The zero-order valence-electron chi connectivity index (χ0n) is 14.6. The third-order valence-corrected chi connectivity index (χ3v) is 5.22. The number of aliphatic hydroxyl groups excluding tert-OH is 1. The molecule has 140 valence electrons. The van der Waals surface area contributed by atoms with Gasteiger partial charge in [0.1, 0.15) is 12.2 Å². The minimum absolute atomic E-state index is 0.0926. The number of carbonyl (C=O) groups excluding carboxylic acids is 3. The number of carbonyl (C=O) groups is 3. The number of hydrogen-bond acceptors (Lipinski definition) is 7. The van der Waals surface area contributed by atoms with E-state index in [2.05, 4.69) is 13.2 Å². The molecule has 2 fully saturated rings. The van der Waals surface area contributed by atoms with Crippen LogP contribution in [0, 0.1) is 5.92 Å². The van der Waals surface area contributed by atoms with E-state index in [0.717, 1.165) is 11.9 Å². The molecule has 1 N–H and O–H groups in total. The summed E-state index contributed by atoms with van der Waals surface area (Å²) < 4.78 is 16.5. The lowest BCUT2D eigenvalue weighted by Crippen LogP contribution is -2.38. The number of aldehydes is 1. The van der Waals surface area contributed by atoms with Crippen molar-refractivity contribution in [3.05, 3.63) is 36.0 Å². The van der Waals surface area contributed by atoms with Crippen molar-refractivity contribution in [2.75, 3.05) is 6.61 Å². The quantitative estimate of drug-likeness (QED) is 0.262. The molecule has 7 heteroatoms.